The lowest BCUT2D eigenvalue weighted by Crippen LogP contribution is -2.39. The molecule has 0 aliphatic carbocycles. The van der Waals surface area contributed by atoms with Crippen LogP contribution >= 0.6 is 0 Å². The number of hydrogen-bond donors (Lipinski definition) is 3. The van der Waals surface area contributed by atoms with Crippen molar-refractivity contribution >= 4 is 11.4 Å². The summed E-state index contributed by atoms with van der Waals surface area (Å²) in [5.74, 6) is 0. The van der Waals surface area contributed by atoms with E-state index in [2.05, 4.69) is 36.7 Å². The van der Waals surface area contributed by atoms with E-state index >= 15 is 0 Å². The van der Waals surface area contributed by atoms with Crippen molar-refractivity contribution in [2.24, 2.45) is 0 Å². The number of rotatable bonds is 10. The van der Waals surface area contributed by atoms with Crippen LogP contribution in [0.5, 0.6) is 0 Å². The maximum absolute atomic E-state index is 11.5. The van der Waals surface area contributed by atoms with Crippen molar-refractivity contribution in [1.82, 2.24) is 5.32 Å². The molecule has 0 radical (unpaired) electrons. The molecule has 0 fully saturated rings. The van der Waals surface area contributed by atoms with Crippen molar-refractivity contribution < 1.29 is 0 Å². The van der Waals surface area contributed by atoms with Gasteiger partial charge in [0.2, 0.25) is 0 Å². The van der Waals surface area contributed by atoms with Crippen LogP contribution in [0, 0.1) is 0 Å². The van der Waals surface area contributed by atoms with Gasteiger partial charge in [0.1, 0.15) is 11.4 Å². The largest absolute Gasteiger partial charge is 0.380 e. The number of nitrogens with one attached hydrogen (secondary N) is 3. The Labute approximate surface area is 114 Å². The highest BCUT2D eigenvalue weighted by Crippen LogP contribution is 2.13. The van der Waals surface area contributed by atoms with E-state index in [9.17, 15) is 9.59 Å². The van der Waals surface area contributed by atoms with Gasteiger partial charge in [0.25, 0.3) is 10.9 Å². The maximum atomic E-state index is 11.5. The Balaban J connectivity index is 2.39. The molecule has 0 aliphatic rings. The van der Waals surface area contributed by atoms with Crippen LogP contribution in [0.15, 0.2) is 9.59 Å². The van der Waals surface area contributed by atoms with E-state index in [0.29, 0.717) is 24.0 Å². The molecule has 0 saturated heterocycles. The van der Waals surface area contributed by atoms with Crippen LogP contribution in [0.1, 0.15) is 40.0 Å². The molecule has 3 N–H and O–H groups in total. The standard InChI is InChI=1S/C14H25N3O2/c1-4-5-6-7-16-11-12(14(19)13(11)18)17-9-8-15-10(2)3/h10,15-17H,4-9H2,1-3H3. The van der Waals surface area contributed by atoms with Crippen LogP contribution < -0.4 is 26.8 Å². The summed E-state index contributed by atoms with van der Waals surface area (Å²) < 4.78 is 0. The van der Waals surface area contributed by atoms with Gasteiger partial charge in [0.05, 0.1) is 0 Å². The van der Waals surface area contributed by atoms with Crippen molar-refractivity contribution in [2.45, 2.75) is 46.1 Å². The van der Waals surface area contributed by atoms with Crippen molar-refractivity contribution in [3.63, 3.8) is 0 Å². The van der Waals surface area contributed by atoms with Crippen LogP contribution in [0.25, 0.3) is 0 Å². The van der Waals surface area contributed by atoms with Gasteiger partial charge in [-0.15, -0.1) is 0 Å². The van der Waals surface area contributed by atoms with Gasteiger partial charge >= 0.3 is 0 Å². The summed E-state index contributed by atoms with van der Waals surface area (Å²) in [7, 11) is 0. The van der Waals surface area contributed by atoms with Crippen molar-refractivity contribution in [2.75, 3.05) is 30.3 Å². The van der Waals surface area contributed by atoms with E-state index in [1.54, 1.807) is 0 Å². The summed E-state index contributed by atoms with van der Waals surface area (Å²) in [6.45, 7) is 8.43. The predicted octanol–water partition coefficient (Wildman–Crippen LogP) is 1.29. The van der Waals surface area contributed by atoms with Gasteiger partial charge in [-0.2, -0.15) is 0 Å². The molecule has 0 unspecified atom stereocenters. The van der Waals surface area contributed by atoms with Crippen molar-refractivity contribution in [3.8, 4) is 0 Å². The molecule has 1 rings (SSSR count). The second-order valence-corrected chi connectivity index (χ2v) is 5.08. The zero-order valence-electron chi connectivity index (χ0n) is 12.1. The lowest BCUT2D eigenvalue weighted by molar-refractivity contribution is 0.602. The van der Waals surface area contributed by atoms with Crippen LogP contribution in [-0.4, -0.2) is 25.7 Å². The van der Waals surface area contributed by atoms with Gasteiger partial charge in [-0.1, -0.05) is 33.6 Å². The Morgan fingerprint density at radius 1 is 0.895 bits per heavy atom. The third-order valence-corrected chi connectivity index (χ3v) is 2.97. The van der Waals surface area contributed by atoms with E-state index in [4.69, 9.17) is 0 Å². The second-order valence-electron chi connectivity index (χ2n) is 5.08. The molecular weight excluding hydrogens is 242 g/mol. The van der Waals surface area contributed by atoms with Gasteiger partial charge in [0.15, 0.2) is 0 Å². The molecule has 1 aromatic carbocycles. The van der Waals surface area contributed by atoms with E-state index in [0.717, 1.165) is 32.4 Å². The SMILES string of the molecule is CCCCCNc1c(NCCNC(C)C)c(=O)c1=O. The summed E-state index contributed by atoms with van der Waals surface area (Å²) in [5.41, 5.74) is 0.121. The number of hydrogen-bond acceptors (Lipinski definition) is 5. The third kappa shape index (κ3) is 4.67. The molecule has 0 saturated carbocycles. The minimum Gasteiger partial charge on any atom is -0.380 e. The number of anilines is 2. The average molecular weight is 267 g/mol. The first kappa shape index (κ1) is 15.7. The van der Waals surface area contributed by atoms with Crippen LogP contribution in [-0.2, 0) is 0 Å². The predicted molar refractivity (Wildman–Crippen MR) is 81.0 cm³/mol. The van der Waals surface area contributed by atoms with Crippen molar-refractivity contribution in [3.05, 3.63) is 20.4 Å². The van der Waals surface area contributed by atoms with E-state index in [1.165, 1.54) is 0 Å². The Kier molecular flexibility index (Phi) is 6.56. The summed E-state index contributed by atoms with van der Waals surface area (Å²) in [4.78, 5) is 22.9. The molecule has 5 nitrogen and oxygen atoms in total. The van der Waals surface area contributed by atoms with E-state index < -0.39 is 10.9 Å². The van der Waals surface area contributed by atoms with Gasteiger partial charge in [-0.25, -0.2) is 0 Å². The fraction of sp³-hybridized carbons (Fsp3) is 0.714. The van der Waals surface area contributed by atoms with Crippen LogP contribution in [0.4, 0.5) is 11.4 Å². The summed E-state index contributed by atoms with van der Waals surface area (Å²) in [6, 6.07) is 0.418. The molecule has 0 atom stereocenters. The van der Waals surface area contributed by atoms with Gasteiger partial charge < -0.3 is 16.0 Å². The molecule has 108 valence electrons. The molecule has 1 aromatic rings. The maximum Gasteiger partial charge on any atom is 0.253 e. The smallest absolute Gasteiger partial charge is 0.253 e. The normalized spacial score (nSPS) is 11.2. The van der Waals surface area contributed by atoms with Gasteiger partial charge in [0, 0.05) is 25.7 Å². The second kappa shape index (κ2) is 7.94. The zero-order chi connectivity index (χ0) is 14.3. The van der Waals surface area contributed by atoms with E-state index in [1.807, 2.05) is 0 Å². The molecule has 0 aliphatic heterocycles. The first-order valence-corrected chi connectivity index (χ1v) is 7.12. The monoisotopic (exact) mass is 267 g/mol. The lowest BCUT2D eigenvalue weighted by Gasteiger charge is -2.15. The first-order chi connectivity index (χ1) is 9.07. The molecule has 0 bridgehead atoms. The first-order valence-electron chi connectivity index (χ1n) is 7.12. The van der Waals surface area contributed by atoms with Gasteiger partial charge in [-0.3, -0.25) is 9.59 Å². The average Bonchev–Trinajstić information content (AvgIpc) is 2.39. The van der Waals surface area contributed by atoms with Crippen molar-refractivity contribution in [1.29, 1.82) is 0 Å². The highest BCUT2D eigenvalue weighted by atomic mass is 16.2. The Bertz CT molecular complexity index is 448. The quantitative estimate of drug-likeness (QED) is 0.440. The molecule has 0 spiro atoms. The van der Waals surface area contributed by atoms with E-state index in [-0.39, 0.29) is 0 Å². The summed E-state index contributed by atoms with van der Waals surface area (Å²) >= 11 is 0. The molecule has 0 amide bonds. The fourth-order valence-corrected chi connectivity index (χ4v) is 1.87. The highest BCUT2D eigenvalue weighted by Gasteiger charge is 2.19. The summed E-state index contributed by atoms with van der Waals surface area (Å²) in [5, 5.41) is 9.34. The topological polar surface area (TPSA) is 70.2 Å². The van der Waals surface area contributed by atoms with Crippen LogP contribution in [0.3, 0.4) is 0 Å². The van der Waals surface area contributed by atoms with Gasteiger partial charge in [-0.05, 0) is 6.42 Å². The summed E-state index contributed by atoms with van der Waals surface area (Å²) in [6.07, 6.45) is 3.28. The Morgan fingerprint density at radius 3 is 2.00 bits per heavy atom. The molecule has 0 heterocycles. The molecular formula is C14H25N3O2. The Morgan fingerprint density at radius 2 is 1.47 bits per heavy atom. The minimum atomic E-state index is -0.400. The minimum absolute atomic E-state index is 0.393. The molecule has 5 heteroatoms. The molecule has 0 aromatic heterocycles. The zero-order valence-corrected chi connectivity index (χ0v) is 12.1. The lowest BCUT2D eigenvalue weighted by atomic mass is 10.1. The molecule has 19 heavy (non-hydrogen) atoms. The third-order valence-electron chi connectivity index (χ3n) is 2.97. The van der Waals surface area contributed by atoms with Crippen LogP contribution in [0.2, 0.25) is 0 Å². The number of unbranched alkanes of at least 4 members (excludes halogenated alkanes) is 2. The highest BCUT2D eigenvalue weighted by molar-refractivity contribution is 5.73. The Hall–Kier alpha value is -1.36. The fourth-order valence-electron chi connectivity index (χ4n) is 1.87.